The quantitative estimate of drug-likeness (QED) is 0.757. The molecule has 0 aliphatic carbocycles. The molecule has 0 unspecified atom stereocenters. The first-order chi connectivity index (χ1) is 11.1. The lowest BCUT2D eigenvalue weighted by atomic mass is 10.1. The third-order valence-electron chi connectivity index (χ3n) is 3.16. The van der Waals surface area contributed by atoms with E-state index >= 15 is 0 Å². The Kier molecular flexibility index (Phi) is 5.76. The number of amides is 2. The van der Waals surface area contributed by atoms with Gasteiger partial charge < -0.3 is 25.2 Å². The number of benzene rings is 1. The molecule has 0 radical (unpaired) electrons. The molecule has 0 aliphatic rings. The first-order valence-corrected chi connectivity index (χ1v) is 7.00. The van der Waals surface area contributed by atoms with Crippen molar-refractivity contribution in [2.24, 2.45) is 0 Å². The Labute approximate surface area is 134 Å². The van der Waals surface area contributed by atoms with Crippen LogP contribution < -0.4 is 20.1 Å². The zero-order valence-corrected chi connectivity index (χ0v) is 12.9. The van der Waals surface area contributed by atoms with Crippen LogP contribution in [0.1, 0.15) is 11.7 Å². The number of aromatic nitrogens is 1. The highest BCUT2D eigenvalue weighted by molar-refractivity contribution is 5.89. The van der Waals surface area contributed by atoms with E-state index in [-0.39, 0.29) is 6.54 Å². The molecule has 1 heterocycles. The predicted octanol–water partition coefficient (Wildman–Crippen LogP) is 1.95. The molecule has 0 fully saturated rings. The second-order valence-electron chi connectivity index (χ2n) is 4.68. The van der Waals surface area contributed by atoms with Crippen molar-refractivity contribution in [3.63, 3.8) is 0 Å². The smallest absolute Gasteiger partial charge is 0.319 e. The van der Waals surface area contributed by atoms with E-state index in [1.165, 1.54) is 20.4 Å². The second-order valence-corrected chi connectivity index (χ2v) is 4.68. The molecule has 0 saturated heterocycles. The zero-order valence-electron chi connectivity index (χ0n) is 12.9. The molecule has 2 aromatic rings. The number of para-hydroxylation sites is 1. The number of aliphatic hydroxyl groups excluding tert-OH is 1. The highest BCUT2D eigenvalue weighted by atomic mass is 16.5. The summed E-state index contributed by atoms with van der Waals surface area (Å²) >= 11 is 0. The predicted molar refractivity (Wildman–Crippen MR) is 85.8 cm³/mol. The average Bonchev–Trinajstić information content (AvgIpc) is 2.60. The van der Waals surface area contributed by atoms with Gasteiger partial charge in [0.05, 0.1) is 32.2 Å². The number of urea groups is 1. The van der Waals surface area contributed by atoms with E-state index in [9.17, 15) is 9.90 Å². The van der Waals surface area contributed by atoms with Crippen molar-refractivity contribution in [2.75, 3.05) is 26.1 Å². The third-order valence-corrected chi connectivity index (χ3v) is 3.16. The summed E-state index contributed by atoms with van der Waals surface area (Å²) in [6.07, 6.45) is 0.612. The molecule has 7 heteroatoms. The molecule has 1 aromatic carbocycles. The van der Waals surface area contributed by atoms with Crippen LogP contribution in [-0.2, 0) is 0 Å². The van der Waals surface area contributed by atoms with Crippen LogP contribution in [0, 0.1) is 0 Å². The maximum atomic E-state index is 11.8. The van der Waals surface area contributed by atoms with Crippen molar-refractivity contribution >= 4 is 11.7 Å². The Morgan fingerprint density at radius 1 is 1.22 bits per heavy atom. The van der Waals surface area contributed by atoms with E-state index in [0.29, 0.717) is 22.9 Å². The van der Waals surface area contributed by atoms with Gasteiger partial charge in [0.1, 0.15) is 5.75 Å². The topological polar surface area (TPSA) is 92.7 Å². The summed E-state index contributed by atoms with van der Waals surface area (Å²) in [7, 11) is 3.05. The molecular weight excluding hydrogens is 298 g/mol. The van der Waals surface area contributed by atoms with Gasteiger partial charge in [-0.25, -0.2) is 9.78 Å². The van der Waals surface area contributed by atoms with Crippen LogP contribution in [-0.4, -0.2) is 36.9 Å². The van der Waals surface area contributed by atoms with Gasteiger partial charge in [-0.05, 0) is 12.1 Å². The van der Waals surface area contributed by atoms with E-state index in [2.05, 4.69) is 15.6 Å². The van der Waals surface area contributed by atoms with Gasteiger partial charge in [-0.15, -0.1) is 0 Å². The summed E-state index contributed by atoms with van der Waals surface area (Å²) in [6.45, 7) is 0.0514. The monoisotopic (exact) mass is 317 g/mol. The summed E-state index contributed by atoms with van der Waals surface area (Å²) in [6, 6.07) is 9.97. The van der Waals surface area contributed by atoms with Crippen molar-refractivity contribution in [3.8, 4) is 11.6 Å². The SMILES string of the molecule is COc1ccc(NC(=O)NC[C@@H](O)c2ccccc2OC)cn1. The van der Waals surface area contributed by atoms with Crippen LogP contribution in [0.25, 0.3) is 0 Å². The molecule has 0 spiro atoms. The molecule has 7 nitrogen and oxygen atoms in total. The van der Waals surface area contributed by atoms with E-state index < -0.39 is 12.1 Å². The van der Waals surface area contributed by atoms with Gasteiger partial charge in [0, 0.05) is 18.2 Å². The molecule has 2 amide bonds. The lowest BCUT2D eigenvalue weighted by molar-refractivity contribution is 0.171. The van der Waals surface area contributed by atoms with E-state index in [0.717, 1.165) is 0 Å². The van der Waals surface area contributed by atoms with Crippen LogP contribution in [0.15, 0.2) is 42.6 Å². The largest absolute Gasteiger partial charge is 0.496 e. The summed E-state index contributed by atoms with van der Waals surface area (Å²) < 4.78 is 10.1. The van der Waals surface area contributed by atoms with Crippen molar-refractivity contribution in [1.29, 1.82) is 0 Å². The van der Waals surface area contributed by atoms with Crippen LogP contribution >= 0.6 is 0 Å². The second kappa shape index (κ2) is 8.00. The van der Waals surface area contributed by atoms with Crippen LogP contribution in [0.4, 0.5) is 10.5 Å². The molecule has 3 N–H and O–H groups in total. The van der Waals surface area contributed by atoms with Gasteiger partial charge in [0.15, 0.2) is 0 Å². The number of pyridine rings is 1. The number of nitrogens with one attached hydrogen (secondary N) is 2. The lowest BCUT2D eigenvalue weighted by Crippen LogP contribution is -2.32. The highest BCUT2D eigenvalue weighted by Gasteiger charge is 2.13. The average molecular weight is 317 g/mol. The number of carbonyl (C=O) groups excluding carboxylic acids is 1. The summed E-state index contributed by atoms with van der Waals surface area (Å²) in [4.78, 5) is 15.8. The molecule has 1 aromatic heterocycles. The van der Waals surface area contributed by atoms with Gasteiger partial charge in [0.25, 0.3) is 0 Å². The number of carbonyl (C=O) groups is 1. The number of aliphatic hydroxyl groups is 1. The third kappa shape index (κ3) is 4.58. The fourth-order valence-corrected chi connectivity index (χ4v) is 1.99. The standard InChI is InChI=1S/C16H19N3O4/c1-22-14-6-4-3-5-12(14)13(20)10-18-16(21)19-11-7-8-15(23-2)17-9-11/h3-9,13,20H,10H2,1-2H3,(H2,18,19,21)/t13-/m1/s1. The van der Waals surface area contributed by atoms with Crippen LogP contribution in [0.3, 0.4) is 0 Å². The van der Waals surface area contributed by atoms with Crippen molar-refractivity contribution < 1.29 is 19.4 Å². The number of nitrogens with zero attached hydrogens (tertiary/aromatic N) is 1. The van der Waals surface area contributed by atoms with Crippen molar-refractivity contribution in [1.82, 2.24) is 10.3 Å². The zero-order chi connectivity index (χ0) is 16.7. The Morgan fingerprint density at radius 3 is 2.65 bits per heavy atom. The number of rotatable bonds is 6. The Bertz CT molecular complexity index is 646. The minimum absolute atomic E-state index is 0.0514. The molecule has 23 heavy (non-hydrogen) atoms. The van der Waals surface area contributed by atoms with Crippen molar-refractivity contribution in [2.45, 2.75) is 6.10 Å². The first kappa shape index (κ1) is 16.6. The van der Waals surface area contributed by atoms with Gasteiger partial charge in [0.2, 0.25) is 5.88 Å². The molecule has 0 aliphatic heterocycles. The molecule has 0 saturated carbocycles. The maximum Gasteiger partial charge on any atom is 0.319 e. The molecular formula is C16H19N3O4. The van der Waals surface area contributed by atoms with E-state index in [4.69, 9.17) is 9.47 Å². The Morgan fingerprint density at radius 2 is 2.00 bits per heavy atom. The summed E-state index contributed by atoms with van der Waals surface area (Å²) in [5.74, 6) is 1.03. The van der Waals surface area contributed by atoms with E-state index in [1.807, 2.05) is 6.07 Å². The molecule has 2 rings (SSSR count). The molecule has 0 bridgehead atoms. The van der Waals surface area contributed by atoms with Crippen molar-refractivity contribution in [3.05, 3.63) is 48.2 Å². The number of hydrogen-bond acceptors (Lipinski definition) is 5. The van der Waals surface area contributed by atoms with Gasteiger partial charge >= 0.3 is 6.03 Å². The molecule has 1 atom stereocenters. The van der Waals surface area contributed by atoms with Gasteiger partial charge in [-0.2, -0.15) is 0 Å². The minimum Gasteiger partial charge on any atom is -0.496 e. The molecule has 122 valence electrons. The minimum atomic E-state index is -0.870. The number of methoxy groups -OCH3 is 2. The highest BCUT2D eigenvalue weighted by Crippen LogP contribution is 2.24. The Hall–Kier alpha value is -2.80. The summed E-state index contributed by atoms with van der Waals surface area (Å²) in [5, 5.41) is 15.4. The number of hydrogen-bond donors (Lipinski definition) is 3. The first-order valence-electron chi connectivity index (χ1n) is 7.00. The number of ether oxygens (including phenoxy) is 2. The fraction of sp³-hybridized carbons (Fsp3) is 0.250. The van der Waals surface area contributed by atoms with Crippen LogP contribution in [0.5, 0.6) is 11.6 Å². The van der Waals surface area contributed by atoms with Crippen LogP contribution in [0.2, 0.25) is 0 Å². The van der Waals surface area contributed by atoms with Gasteiger partial charge in [-0.1, -0.05) is 18.2 Å². The Balaban J connectivity index is 1.88. The number of anilines is 1. The van der Waals surface area contributed by atoms with Gasteiger partial charge in [-0.3, -0.25) is 0 Å². The normalized spacial score (nSPS) is 11.4. The summed E-state index contributed by atoms with van der Waals surface area (Å²) in [5.41, 5.74) is 1.14. The van der Waals surface area contributed by atoms with E-state index in [1.54, 1.807) is 30.3 Å². The maximum absolute atomic E-state index is 11.8. The fourth-order valence-electron chi connectivity index (χ4n) is 1.99. The lowest BCUT2D eigenvalue weighted by Gasteiger charge is -2.15.